The van der Waals surface area contributed by atoms with Gasteiger partial charge >= 0.3 is 0 Å². The van der Waals surface area contributed by atoms with Gasteiger partial charge in [0, 0.05) is 12.5 Å². The first-order valence-electron chi connectivity index (χ1n) is 8.97. The molecule has 1 fully saturated rings. The van der Waals surface area contributed by atoms with E-state index in [1.807, 2.05) is 0 Å². The number of rotatable bonds is 5. The first-order valence-corrected chi connectivity index (χ1v) is 8.97. The standard InChI is InChI=1S/C21H29NO/c1-22(2)15-20(21(23)17-10-4-3-5-11-17)19-14-8-12-16-9-6-7-13-18(16)19/h6-9,12-14,17,20-21,23H,3-5,10-11,15H2,1-2H3/t20-,21+/m1/s1. The van der Waals surface area contributed by atoms with Crippen LogP contribution in [-0.4, -0.2) is 36.8 Å². The Kier molecular flexibility index (Phi) is 5.34. The smallest absolute Gasteiger partial charge is 0.0649 e. The second kappa shape index (κ2) is 7.46. The second-order valence-electron chi connectivity index (χ2n) is 7.33. The minimum atomic E-state index is -0.247. The summed E-state index contributed by atoms with van der Waals surface area (Å²) in [4.78, 5) is 2.21. The van der Waals surface area contributed by atoms with Gasteiger partial charge in [0.2, 0.25) is 0 Å². The molecular weight excluding hydrogens is 282 g/mol. The van der Waals surface area contributed by atoms with Crippen LogP contribution < -0.4 is 0 Å². The van der Waals surface area contributed by atoms with Crippen LogP contribution in [0.4, 0.5) is 0 Å². The molecule has 2 aromatic carbocycles. The Hall–Kier alpha value is -1.38. The fraction of sp³-hybridized carbons (Fsp3) is 0.524. The van der Waals surface area contributed by atoms with Crippen molar-refractivity contribution < 1.29 is 5.11 Å². The van der Waals surface area contributed by atoms with E-state index >= 15 is 0 Å². The first-order chi connectivity index (χ1) is 11.2. The van der Waals surface area contributed by atoms with Crippen LogP contribution in [0.25, 0.3) is 10.8 Å². The third-order valence-corrected chi connectivity index (χ3v) is 5.33. The van der Waals surface area contributed by atoms with Crippen LogP contribution in [0.15, 0.2) is 42.5 Å². The molecule has 0 heterocycles. The molecule has 0 aromatic heterocycles. The molecule has 1 aliphatic carbocycles. The van der Waals surface area contributed by atoms with Crippen LogP contribution in [0, 0.1) is 5.92 Å². The average molecular weight is 311 g/mol. The van der Waals surface area contributed by atoms with Crippen molar-refractivity contribution in [3.8, 4) is 0 Å². The van der Waals surface area contributed by atoms with Gasteiger partial charge in [-0.2, -0.15) is 0 Å². The highest BCUT2D eigenvalue weighted by atomic mass is 16.3. The second-order valence-corrected chi connectivity index (χ2v) is 7.33. The van der Waals surface area contributed by atoms with Crippen molar-refractivity contribution >= 4 is 10.8 Å². The van der Waals surface area contributed by atoms with Crippen molar-refractivity contribution in [2.45, 2.75) is 44.1 Å². The molecule has 0 radical (unpaired) electrons. The van der Waals surface area contributed by atoms with Crippen molar-refractivity contribution in [2.24, 2.45) is 5.92 Å². The average Bonchev–Trinajstić information content (AvgIpc) is 2.59. The molecule has 0 amide bonds. The van der Waals surface area contributed by atoms with E-state index in [0.29, 0.717) is 5.92 Å². The summed E-state index contributed by atoms with van der Waals surface area (Å²) >= 11 is 0. The van der Waals surface area contributed by atoms with E-state index in [-0.39, 0.29) is 12.0 Å². The maximum atomic E-state index is 11.2. The topological polar surface area (TPSA) is 23.5 Å². The van der Waals surface area contributed by atoms with Crippen LogP contribution in [-0.2, 0) is 0 Å². The lowest BCUT2D eigenvalue weighted by Gasteiger charge is -2.34. The summed E-state index contributed by atoms with van der Waals surface area (Å²) in [7, 11) is 4.21. The third kappa shape index (κ3) is 3.76. The van der Waals surface area contributed by atoms with Gasteiger partial charge in [0.15, 0.2) is 0 Å². The number of nitrogens with zero attached hydrogens (tertiary/aromatic N) is 1. The molecule has 124 valence electrons. The Morgan fingerprint density at radius 1 is 1.00 bits per heavy atom. The molecule has 0 unspecified atom stereocenters. The Morgan fingerprint density at radius 2 is 1.70 bits per heavy atom. The summed E-state index contributed by atoms with van der Waals surface area (Å²) in [5, 5.41) is 13.7. The van der Waals surface area contributed by atoms with Crippen LogP contribution >= 0.6 is 0 Å². The number of hydrogen-bond acceptors (Lipinski definition) is 2. The summed E-state index contributed by atoms with van der Waals surface area (Å²) in [5.41, 5.74) is 1.30. The lowest BCUT2D eigenvalue weighted by atomic mass is 9.77. The summed E-state index contributed by atoms with van der Waals surface area (Å²) in [5.74, 6) is 0.631. The van der Waals surface area contributed by atoms with Gasteiger partial charge in [-0.15, -0.1) is 0 Å². The molecular formula is C21H29NO. The van der Waals surface area contributed by atoms with Crippen molar-refractivity contribution in [1.82, 2.24) is 4.90 Å². The molecule has 0 spiro atoms. The predicted molar refractivity (Wildman–Crippen MR) is 97.8 cm³/mol. The lowest BCUT2D eigenvalue weighted by Crippen LogP contribution is -2.35. The molecule has 23 heavy (non-hydrogen) atoms. The highest BCUT2D eigenvalue weighted by molar-refractivity contribution is 5.86. The summed E-state index contributed by atoms with van der Waals surface area (Å²) in [6.07, 6.45) is 5.97. The van der Waals surface area contributed by atoms with E-state index in [4.69, 9.17) is 0 Å². The zero-order valence-corrected chi connectivity index (χ0v) is 14.4. The molecule has 2 nitrogen and oxygen atoms in total. The van der Waals surface area contributed by atoms with Gasteiger partial charge in [-0.3, -0.25) is 0 Å². The van der Waals surface area contributed by atoms with Gasteiger partial charge in [0.05, 0.1) is 6.10 Å². The van der Waals surface area contributed by atoms with Crippen molar-refractivity contribution in [1.29, 1.82) is 0 Å². The maximum absolute atomic E-state index is 11.2. The maximum Gasteiger partial charge on any atom is 0.0649 e. The van der Waals surface area contributed by atoms with Crippen molar-refractivity contribution in [3.63, 3.8) is 0 Å². The minimum absolute atomic E-state index is 0.180. The van der Waals surface area contributed by atoms with E-state index in [9.17, 15) is 5.11 Å². The molecule has 0 aliphatic heterocycles. The SMILES string of the molecule is CN(C)C[C@H](c1cccc2ccccc12)[C@@H](O)C1CCCCC1. The molecule has 3 rings (SSSR count). The van der Waals surface area contributed by atoms with Crippen LogP contribution in [0.3, 0.4) is 0 Å². The number of likely N-dealkylation sites (N-methyl/N-ethyl adjacent to an activating group) is 1. The number of hydrogen-bond donors (Lipinski definition) is 1. The fourth-order valence-corrected chi connectivity index (χ4v) is 4.16. The molecule has 2 aromatic rings. The highest BCUT2D eigenvalue weighted by Gasteiger charge is 2.31. The van der Waals surface area contributed by atoms with Crippen LogP contribution in [0.5, 0.6) is 0 Å². The lowest BCUT2D eigenvalue weighted by molar-refractivity contribution is 0.0524. The number of fused-ring (bicyclic) bond motifs is 1. The predicted octanol–water partition coefficient (Wildman–Crippen LogP) is 4.43. The summed E-state index contributed by atoms with van der Waals surface area (Å²) in [6.45, 7) is 0.895. The van der Waals surface area contributed by atoms with Gasteiger partial charge in [0.1, 0.15) is 0 Å². The van der Waals surface area contributed by atoms with E-state index < -0.39 is 0 Å². The van der Waals surface area contributed by atoms with Crippen LogP contribution in [0.2, 0.25) is 0 Å². The zero-order valence-electron chi connectivity index (χ0n) is 14.4. The highest BCUT2D eigenvalue weighted by Crippen LogP contribution is 2.36. The van der Waals surface area contributed by atoms with E-state index in [1.165, 1.54) is 48.4 Å². The third-order valence-electron chi connectivity index (χ3n) is 5.33. The van der Waals surface area contributed by atoms with Gasteiger partial charge in [-0.05, 0) is 49.2 Å². The minimum Gasteiger partial charge on any atom is -0.392 e. The molecule has 1 saturated carbocycles. The molecule has 2 heteroatoms. The Balaban J connectivity index is 1.97. The number of benzene rings is 2. The largest absolute Gasteiger partial charge is 0.392 e. The summed E-state index contributed by atoms with van der Waals surface area (Å²) < 4.78 is 0. The fourth-order valence-electron chi connectivity index (χ4n) is 4.16. The van der Waals surface area contributed by atoms with Crippen molar-refractivity contribution in [2.75, 3.05) is 20.6 Å². The summed E-state index contributed by atoms with van der Waals surface area (Å²) in [6, 6.07) is 15.1. The number of aliphatic hydroxyl groups excluding tert-OH is 1. The quantitative estimate of drug-likeness (QED) is 0.883. The Morgan fingerprint density at radius 3 is 2.43 bits per heavy atom. The van der Waals surface area contributed by atoms with Crippen molar-refractivity contribution in [3.05, 3.63) is 48.0 Å². The molecule has 2 atom stereocenters. The van der Waals surface area contributed by atoms with Gasteiger partial charge in [0.25, 0.3) is 0 Å². The molecule has 1 N–H and O–H groups in total. The normalized spacial score (nSPS) is 19.1. The van der Waals surface area contributed by atoms with E-state index in [0.717, 1.165) is 6.54 Å². The number of aliphatic hydroxyl groups is 1. The van der Waals surface area contributed by atoms with Crippen LogP contribution in [0.1, 0.15) is 43.6 Å². The zero-order chi connectivity index (χ0) is 16.2. The van der Waals surface area contributed by atoms with E-state index in [2.05, 4.69) is 61.5 Å². The molecule has 0 bridgehead atoms. The molecule has 1 aliphatic rings. The monoisotopic (exact) mass is 311 g/mol. The van der Waals surface area contributed by atoms with Gasteiger partial charge in [-0.25, -0.2) is 0 Å². The van der Waals surface area contributed by atoms with E-state index in [1.54, 1.807) is 0 Å². The van der Waals surface area contributed by atoms with Gasteiger partial charge in [-0.1, -0.05) is 61.7 Å². The molecule has 0 saturated heterocycles. The first kappa shape index (κ1) is 16.5. The Bertz CT molecular complexity index is 625. The van der Waals surface area contributed by atoms with Gasteiger partial charge < -0.3 is 10.0 Å². The Labute approximate surface area is 140 Å².